The van der Waals surface area contributed by atoms with Gasteiger partial charge in [-0.05, 0) is 73.6 Å². The Morgan fingerprint density at radius 3 is 1.56 bits per heavy atom. The van der Waals surface area contributed by atoms with Crippen molar-refractivity contribution < 1.29 is 47.4 Å². The predicted octanol–water partition coefficient (Wildman–Crippen LogP) is 14.3. The molecule has 0 aliphatic carbocycles. The molecule has 70 heavy (non-hydrogen) atoms. The van der Waals surface area contributed by atoms with Crippen LogP contribution in [0.25, 0.3) is 0 Å². The van der Waals surface area contributed by atoms with Gasteiger partial charge in [-0.15, -0.1) is 0 Å². The van der Waals surface area contributed by atoms with Gasteiger partial charge in [-0.25, -0.2) is 4.79 Å². The van der Waals surface area contributed by atoms with Gasteiger partial charge >= 0.3 is 5.97 Å². The number of benzene rings is 6. The molecular formula is C60H70O10. The van der Waals surface area contributed by atoms with Gasteiger partial charge < -0.3 is 42.6 Å². The molecular weight excluding hydrogens is 881 g/mol. The lowest BCUT2D eigenvalue weighted by atomic mass is 9.93. The normalized spacial score (nSPS) is 13.9. The highest BCUT2D eigenvalue weighted by Crippen LogP contribution is 2.48. The summed E-state index contributed by atoms with van der Waals surface area (Å²) < 4.78 is 59.2. The van der Waals surface area contributed by atoms with Crippen molar-refractivity contribution in [3.8, 4) is 46.0 Å². The number of carbonyl (C=O) groups is 1. The van der Waals surface area contributed by atoms with Gasteiger partial charge in [-0.3, -0.25) is 0 Å². The number of carbonyl (C=O) groups excluding carboxylic acids is 1. The molecule has 0 unspecified atom stereocenters. The summed E-state index contributed by atoms with van der Waals surface area (Å²) in [5.74, 6) is 3.86. The first-order valence-electron chi connectivity index (χ1n) is 25.3. The summed E-state index contributed by atoms with van der Waals surface area (Å²) in [6.07, 6.45) is 5.99. The first kappa shape index (κ1) is 51.1. The smallest absolute Gasteiger partial charge is 0.338 e. The number of fused-ring (bicyclic) bond motifs is 1. The molecule has 370 valence electrons. The Morgan fingerprint density at radius 1 is 0.514 bits per heavy atom. The van der Waals surface area contributed by atoms with Crippen molar-refractivity contribution in [2.45, 2.75) is 124 Å². The van der Waals surface area contributed by atoms with Gasteiger partial charge in [0.1, 0.15) is 43.2 Å². The highest BCUT2D eigenvalue weighted by molar-refractivity contribution is 5.92. The topological polar surface area (TPSA) is 100 Å². The minimum Gasteiger partial charge on any atom is -0.493 e. The molecule has 0 saturated heterocycles. The highest BCUT2D eigenvalue weighted by Gasteiger charge is 2.39. The average molecular weight is 951 g/mol. The number of ether oxygens (including phenoxy) is 9. The summed E-state index contributed by atoms with van der Waals surface area (Å²) in [6, 6.07) is 41.2. The Bertz CT molecular complexity index is 2460. The van der Waals surface area contributed by atoms with Crippen molar-refractivity contribution in [3.63, 3.8) is 0 Å². The van der Waals surface area contributed by atoms with Crippen molar-refractivity contribution in [2.24, 2.45) is 0 Å². The minimum absolute atomic E-state index is 0.280. The van der Waals surface area contributed by atoms with Crippen LogP contribution < -0.4 is 37.9 Å². The lowest BCUT2D eigenvalue weighted by Crippen LogP contribution is -2.35. The minimum atomic E-state index is -0.843. The fraction of sp³-hybridized carbons (Fsp3) is 0.383. The van der Waals surface area contributed by atoms with Crippen LogP contribution in [0.4, 0.5) is 0 Å². The van der Waals surface area contributed by atoms with Crippen LogP contribution >= 0.6 is 0 Å². The van der Waals surface area contributed by atoms with Crippen LogP contribution in [0, 0.1) is 6.92 Å². The van der Waals surface area contributed by atoms with Gasteiger partial charge in [0.2, 0.25) is 5.75 Å². The Labute approximate surface area is 415 Å². The van der Waals surface area contributed by atoms with Crippen LogP contribution in [-0.2, 0) is 31.0 Å². The van der Waals surface area contributed by atoms with E-state index in [-0.39, 0.29) is 19.6 Å². The van der Waals surface area contributed by atoms with Gasteiger partial charge in [-0.2, -0.15) is 0 Å². The molecule has 1 aliphatic rings. The number of unbranched alkanes of at least 4 members (excludes halogenated alkanes) is 4. The van der Waals surface area contributed by atoms with E-state index in [2.05, 4.69) is 27.7 Å². The van der Waals surface area contributed by atoms with E-state index < -0.39 is 18.2 Å². The van der Waals surface area contributed by atoms with E-state index in [1.807, 2.05) is 122 Å². The first-order valence-corrected chi connectivity index (χ1v) is 25.3. The lowest BCUT2D eigenvalue weighted by molar-refractivity contribution is -0.0191. The standard InChI is InChI=1S/C60H70O10/c1-6-10-31-62-48-37-52(64-33-12-8-3)50-39-56(70-60(61)49-29-30-51(63-32-11-7-2)57(43(49)5)68-42-46-27-21-16-22-28-46)58(69-53(50)38-48)47-35-54(66-40-44-23-17-14-18-24-44)59(65-34-13-9-4)55(36-47)67-41-45-25-19-15-20-26-45/h14-30,35-38,56,58H,6-13,31-34,39-42H2,1-5H3/t56-,58+/m1/s1. The second-order valence-corrected chi connectivity index (χ2v) is 17.6. The molecule has 0 bridgehead atoms. The molecule has 7 rings (SSSR count). The summed E-state index contributed by atoms with van der Waals surface area (Å²) >= 11 is 0. The quantitative estimate of drug-likeness (QED) is 0.0349. The third-order valence-electron chi connectivity index (χ3n) is 12.1. The van der Waals surface area contributed by atoms with E-state index in [9.17, 15) is 4.79 Å². The molecule has 0 amide bonds. The van der Waals surface area contributed by atoms with E-state index in [0.717, 1.165) is 73.6 Å². The van der Waals surface area contributed by atoms with Gasteiger partial charge in [0, 0.05) is 35.2 Å². The maximum Gasteiger partial charge on any atom is 0.338 e. The zero-order chi connectivity index (χ0) is 48.9. The third kappa shape index (κ3) is 14.1. The predicted molar refractivity (Wildman–Crippen MR) is 274 cm³/mol. The molecule has 0 aromatic heterocycles. The Hall–Kier alpha value is -6.81. The largest absolute Gasteiger partial charge is 0.493 e. The summed E-state index contributed by atoms with van der Waals surface area (Å²) in [6.45, 7) is 13.3. The van der Waals surface area contributed by atoms with Gasteiger partial charge in [0.15, 0.2) is 29.1 Å². The van der Waals surface area contributed by atoms with Crippen LogP contribution in [0.3, 0.4) is 0 Å². The molecule has 6 aromatic carbocycles. The summed E-state index contributed by atoms with van der Waals surface area (Å²) in [5, 5.41) is 0. The molecule has 10 heteroatoms. The fourth-order valence-electron chi connectivity index (χ4n) is 8.03. The monoisotopic (exact) mass is 950 g/mol. The van der Waals surface area contributed by atoms with Crippen molar-refractivity contribution in [2.75, 3.05) is 26.4 Å². The molecule has 1 aliphatic heterocycles. The second kappa shape index (κ2) is 26.8. The van der Waals surface area contributed by atoms with E-state index in [4.69, 9.17) is 42.6 Å². The second-order valence-electron chi connectivity index (χ2n) is 17.6. The van der Waals surface area contributed by atoms with E-state index >= 15 is 0 Å². The van der Waals surface area contributed by atoms with E-state index in [0.29, 0.717) is 95.7 Å². The van der Waals surface area contributed by atoms with E-state index in [1.54, 1.807) is 12.1 Å². The highest BCUT2D eigenvalue weighted by atomic mass is 16.6. The zero-order valence-electron chi connectivity index (χ0n) is 41.7. The van der Waals surface area contributed by atoms with Crippen molar-refractivity contribution in [3.05, 3.63) is 166 Å². The molecule has 0 fully saturated rings. The molecule has 6 aromatic rings. The van der Waals surface area contributed by atoms with Crippen LogP contribution in [0.1, 0.15) is 129 Å². The lowest BCUT2D eigenvalue weighted by Gasteiger charge is -2.35. The maximum absolute atomic E-state index is 14.9. The molecule has 0 N–H and O–H groups in total. The van der Waals surface area contributed by atoms with E-state index in [1.165, 1.54) is 0 Å². The Balaban J connectivity index is 1.32. The number of hydrogen-bond acceptors (Lipinski definition) is 10. The van der Waals surface area contributed by atoms with Crippen LogP contribution in [-0.4, -0.2) is 38.5 Å². The number of hydrogen-bond donors (Lipinski definition) is 0. The third-order valence-corrected chi connectivity index (χ3v) is 12.1. The fourth-order valence-corrected chi connectivity index (χ4v) is 8.03. The van der Waals surface area contributed by atoms with Gasteiger partial charge in [-0.1, -0.05) is 144 Å². The van der Waals surface area contributed by atoms with Crippen LogP contribution in [0.5, 0.6) is 46.0 Å². The molecule has 0 radical (unpaired) electrons. The molecule has 2 atom stereocenters. The zero-order valence-corrected chi connectivity index (χ0v) is 41.7. The molecule has 0 saturated carbocycles. The van der Waals surface area contributed by atoms with Crippen molar-refractivity contribution in [1.82, 2.24) is 0 Å². The first-order chi connectivity index (χ1) is 34.4. The molecule has 1 heterocycles. The van der Waals surface area contributed by atoms with Gasteiger partial charge in [0.25, 0.3) is 0 Å². The Kier molecular flexibility index (Phi) is 19.6. The number of rotatable bonds is 28. The summed E-state index contributed by atoms with van der Waals surface area (Å²) in [5.41, 5.74) is 5.40. The van der Waals surface area contributed by atoms with Crippen LogP contribution in [0.2, 0.25) is 0 Å². The van der Waals surface area contributed by atoms with Crippen molar-refractivity contribution >= 4 is 5.97 Å². The average Bonchev–Trinajstić information content (AvgIpc) is 3.38. The van der Waals surface area contributed by atoms with Gasteiger partial charge in [0.05, 0.1) is 32.0 Å². The molecule has 10 nitrogen and oxygen atoms in total. The summed E-state index contributed by atoms with van der Waals surface area (Å²) in [4.78, 5) is 14.9. The SMILES string of the molecule is CCCCOc1cc(OCCCC)c2c(c1)O[C@@H](c1cc(OCc3ccccc3)c(OCCCC)c(OCc3ccccc3)c1)[C@H](OC(=O)c1ccc(OCCCC)c(OCc3ccccc3)c1C)C2. The maximum atomic E-state index is 14.9. The number of esters is 1. The Morgan fingerprint density at radius 2 is 1.01 bits per heavy atom. The summed E-state index contributed by atoms with van der Waals surface area (Å²) in [7, 11) is 0. The van der Waals surface area contributed by atoms with Crippen molar-refractivity contribution in [1.29, 1.82) is 0 Å². The van der Waals surface area contributed by atoms with Crippen LogP contribution in [0.15, 0.2) is 127 Å². The molecule has 0 spiro atoms.